The Bertz CT molecular complexity index is 787. The van der Waals surface area contributed by atoms with Crippen molar-refractivity contribution in [3.63, 3.8) is 0 Å². The zero-order chi connectivity index (χ0) is 21.2. The van der Waals surface area contributed by atoms with Gasteiger partial charge in [-0.05, 0) is 0 Å². The predicted molar refractivity (Wildman–Crippen MR) is 140 cm³/mol. The van der Waals surface area contributed by atoms with Crippen LogP contribution >= 0.6 is 11.3 Å². The fourth-order valence-electron chi connectivity index (χ4n) is 4.58. The molecule has 1 aromatic heterocycles. The van der Waals surface area contributed by atoms with Gasteiger partial charge in [0, 0.05) is 0 Å². The molecule has 0 fully saturated rings. The zero-order valence-corrected chi connectivity index (χ0v) is 22.8. The first-order valence-electron chi connectivity index (χ1n) is 12.0. The molecule has 2 heteroatoms. The van der Waals surface area contributed by atoms with Crippen LogP contribution in [0, 0.1) is 0 Å². The van der Waals surface area contributed by atoms with Gasteiger partial charge < -0.3 is 0 Å². The molecule has 1 heterocycles. The molecule has 3 rings (SSSR count). The van der Waals surface area contributed by atoms with Crippen LogP contribution in [0.15, 0.2) is 66.7 Å². The van der Waals surface area contributed by atoms with Crippen LogP contribution in [-0.4, -0.2) is 18.4 Å². The molecule has 0 bridgehead atoms. The van der Waals surface area contributed by atoms with Crippen molar-refractivity contribution in [3.05, 3.63) is 66.7 Å². The number of rotatable bonds is 12. The Labute approximate surface area is 192 Å². The van der Waals surface area contributed by atoms with E-state index in [1.54, 1.807) is 0 Å². The van der Waals surface area contributed by atoms with Gasteiger partial charge in [0.2, 0.25) is 0 Å². The normalized spacial score (nSPS) is 11.7. The van der Waals surface area contributed by atoms with Crippen LogP contribution < -0.4 is 2.89 Å². The van der Waals surface area contributed by atoms with Gasteiger partial charge >= 0.3 is 194 Å². The van der Waals surface area contributed by atoms with E-state index in [1.807, 2.05) is 2.89 Å². The van der Waals surface area contributed by atoms with E-state index in [-0.39, 0.29) is 0 Å². The second-order valence-electron chi connectivity index (χ2n) is 8.68. The van der Waals surface area contributed by atoms with Crippen molar-refractivity contribution in [3.8, 4) is 21.6 Å². The summed E-state index contributed by atoms with van der Waals surface area (Å²) in [5, 5.41) is 0. The molecule has 3 aromatic rings. The molecule has 0 N–H and O–H groups in total. The van der Waals surface area contributed by atoms with Crippen LogP contribution in [0.3, 0.4) is 0 Å². The average Bonchev–Trinajstić information content (AvgIpc) is 3.26. The molecule has 0 aliphatic heterocycles. The summed E-state index contributed by atoms with van der Waals surface area (Å²) in [5.41, 5.74) is 4.22. The standard InChI is InChI=1S/C16H11S.3C4H9.Sn/c1-3-7-13(8-4-1)15-11-12-17-16(15)14-9-5-2-6-10-14;3*1-3-4-2;/h1-11H;3*1,3-4H2,2H3;. The van der Waals surface area contributed by atoms with E-state index in [4.69, 9.17) is 0 Å². The fraction of sp³-hybridized carbons (Fsp3) is 0.429. The predicted octanol–water partition coefficient (Wildman–Crippen LogP) is 9.14. The van der Waals surface area contributed by atoms with E-state index in [0.29, 0.717) is 0 Å². The summed E-state index contributed by atoms with van der Waals surface area (Å²) in [6.45, 7) is 7.11. The van der Waals surface area contributed by atoms with E-state index >= 15 is 0 Å². The van der Waals surface area contributed by atoms with E-state index in [9.17, 15) is 0 Å². The number of benzene rings is 2. The summed E-state index contributed by atoms with van der Waals surface area (Å²) in [6.07, 6.45) is 8.26. The summed E-state index contributed by atoms with van der Waals surface area (Å²) in [7, 11) is 0. The Morgan fingerprint density at radius 2 is 1.10 bits per heavy atom. The van der Waals surface area contributed by atoms with Crippen LogP contribution in [0.5, 0.6) is 0 Å². The molecule has 0 aliphatic carbocycles. The zero-order valence-electron chi connectivity index (χ0n) is 19.1. The van der Waals surface area contributed by atoms with Crippen LogP contribution in [0.1, 0.15) is 59.3 Å². The molecule has 0 unspecified atom stereocenters. The number of hydrogen-bond donors (Lipinski definition) is 0. The summed E-state index contributed by atoms with van der Waals surface area (Å²) in [4.78, 5) is 1.49. The van der Waals surface area contributed by atoms with Gasteiger partial charge in [-0.15, -0.1) is 0 Å². The molecular formula is C28H38SSn. The summed E-state index contributed by atoms with van der Waals surface area (Å²) >= 11 is -0.270. The fourth-order valence-corrected chi connectivity index (χ4v) is 24.9. The van der Waals surface area contributed by atoms with Crippen LogP contribution in [0.25, 0.3) is 21.6 Å². The van der Waals surface area contributed by atoms with Gasteiger partial charge in [-0.25, -0.2) is 0 Å². The molecule has 2 aromatic carbocycles. The Hall–Kier alpha value is -1.06. The molecule has 160 valence electrons. The average molecular weight is 525 g/mol. The van der Waals surface area contributed by atoms with Gasteiger partial charge in [0.15, 0.2) is 0 Å². The van der Waals surface area contributed by atoms with Gasteiger partial charge in [0.05, 0.1) is 0 Å². The maximum atomic E-state index is 2.65. The SMILES string of the molecule is CCC[CH2][Sn]([CH2]CCC)([CH2]CCC)[c]1cc(-c2ccccc2)c(-c2ccccc2)s1. The first-order valence-corrected chi connectivity index (χ1v) is 20.3. The molecule has 0 atom stereocenters. The van der Waals surface area contributed by atoms with Crippen molar-refractivity contribution in [2.45, 2.75) is 72.6 Å². The Morgan fingerprint density at radius 1 is 0.633 bits per heavy atom. The molecule has 0 saturated heterocycles. The molecule has 0 radical (unpaired) electrons. The van der Waals surface area contributed by atoms with E-state index in [2.05, 4.69) is 98.8 Å². The van der Waals surface area contributed by atoms with Crippen LogP contribution in [0.4, 0.5) is 0 Å². The molecular weight excluding hydrogens is 487 g/mol. The molecule has 0 amide bonds. The first kappa shape index (κ1) is 23.6. The van der Waals surface area contributed by atoms with Gasteiger partial charge in [-0.2, -0.15) is 0 Å². The molecule has 0 aliphatic rings. The van der Waals surface area contributed by atoms with Gasteiger partial charge in [-0.1, -0.05) is 0 Å². The molecule has 0 spiro atoms. The molecule has 0 saturated carbocycles. The molecule has 30 heavy (non-hydrogen) atoms. The molecule has 0 nitrogen and oxygen atoms in total. The maximum absolute atomic E-state index is 2.65. The Kier molecular flexibility index (Phi) is 9.52. The minimum atomic E-state index is -2.43. The van der Waals surface area contributed by atoms with Crippen molar-refractivity contribution >= 4 is 32.6 Å². The van der Waals surface area contributed by atoms with Crippen molar-refractivity contribution in [1.82, 2.24) is 0 Å². The van der Waals surface area contributed by atoms with Gasteiger partial charge in [0.25, 0.3) is 0 Å². The number of unbranched alkanes of at least 4 members (excludes halogenated alkanes) is 3. The quantitative estimate of drug-likeness (QED) is 0.207. The van der Waals surface area contributed by atoms with E-state index in [1.165, 1.54) is 73.4 Å². The van der Waals surface area contributed by atoms with Crippen molar-refractivity contribution in [2.75, 3.05) is 0 Å². The summed E-state index contributed by atoms with van der Waals surface area (Å²) < 4.78 is 6.44. The third kappa shape index (κ3) is 5.79. The first-order chi connectivity index (χ1) is 14.7. The van der Waals surface area contributed by atoms with Crippen molar-refractivity contribution in [2.24, 2.45) is 0 Å². The summed E-state index contributed by atoms with van der Waals surface area (Å²) in [5.74, 6) is 0. The number of thiophene rings is 1. The van der Waals surface area contributed by atoms with Gasteiger partial charge in [0.1, 0.15) is 0 Å². The second kappa shape index (κ2) is 12.1. The Balaban J connectivity index is 2.14. The van der Waals surface area contributed by atoms with E-state index in [0.717, 1.165) is 0 Å². The van der Waals surface area contributed by atoms with Crippen LogP contribution in [0.2, 0.25) is 13.3 Å². The third-order valence-corrected chi connectivity index (χ3v) is 25.8. The third-order valence-electron chi connectivity index (χ3n) is 6.40. The topological polar surface area (TPSA) is 0 Å². The minimum absolute atomic E-state index is 1.33. The van der Waals surface area contributed by atoms with E-state index < -0.39 is 18.4 Å². The summed E-state index contributed by atoms with van der Waals surface area (Å²) in [6, 6.07) is 24.8. The van der Waals surface area contributed by atoms with Gasteiger partial charge in [-0.3, -0.25) is 0 Å². The number of hydrogen-bond acceptors (Lipinski definition) is 1. The van der Waals surface area contributed by atoms with Crippen LogP contribution in [-0.2, 0) is 0 Å². The second-order valence-corrected chi connectivity index (χ2v) is 23.9. The monoisotopic (exact) mass is 526 g/mol. The van der Waals surface area contributed by atoms with Crippen molar-refractivity contribution in [1.29, 1.82) is 0 Å². The Morgan fingerprint density at radius 3 is 1.57 bits per heavy atom. The van der Waals surface area contributed by atoms with Crippen molar-refractivity contribution < 1.29 is 0 Å².